The number of rotatable bonds is 0. The Labute approximate surface area is 71.6 Å². The molecule has 0 saturated carbocycles. The standard InChI is InChI=1S/C10H12FN/c1-10(2)6-7-5-8(11)3-4-9(7)12-10/h3-5,12H,6H2,1-2H3. The summed E-state index contributed by atoms with van der Waals surface area (Å²) in [6.07, 6.45) is 0.903. The lowest BCUT2D eigenvalue weighted by molar-refractivity contribution is 0.590. The van der Waals surface area contributed by atoms with E-state index in [0.29, 0.717) is 0 Å². The van der Waals surface area contributed by atoms with E-state index in [4.69, 9.17) is 0 Å². The molecular formula is C10H12FN. The summed E-state index contributed by atoms with van der Waals surface area (Å²) in [6, 6.07) is 4.91. The van der Waals surface area contributed by atoms with Gasteiger partial charge in [-0.15, -0.1) is 0 Å². The average Bonchev–Trinajstić information content (AvgIpc) is 2.21. The van der Waals surface area contributed by atoms with Gasteiger partial charge in [-0.1, -0.05) is 0 Å². The third-order valence-corrected chi connectivity index (χ3v) is 2.17. The molecule has 1 aliphatic rings. The second-order valence-corrected chi connectivity index (χ2v) is 3.99. The molecule has 0 bridgehead atoms. The fraction of sp³-hybridized carbons (Fsp3) is 0.400. The monoisotopic (exact) mass is 165 g/mol. The van der Waals surface area contributed by atoms with Crippen LogP contribution in [0.25, 0.3) is 0 Å². The molecule has 0 aromatic heterocycles. The van der Waals surface area contributed by atoms with Gasteiger partial charge in [0.1, 0.15) is 5.82 Å². The predicted octanol–water partition coefficient (Wildman–Crippen LogP) is 2.57. The van der Waals surface area contributed by atoms with Gasteiger partial charge in [0, 0.05) is 11.2 Å². The Bertz CT molecular complexity index is 318. The first-order chi connectivity index (χ1) is 5.57. The van der Waals surface area contributed by atoms with Crippen LogP contribution in [0, 0.1) is 5.82 Å². The zero-order chi connectivity index (χ0) is 8.77. The second kappa shape index (κ2) is 2.22. The van der Waals surface area contributed by atoms with Crippen molar-refractivity contribution < 1.29 is 4.39 Å². The molecule has 0 amide bonds. The van der Waals surface area contributed by atoms with Crippen LogP contribution in [0.3, 0.4) is 0 Å². The zero-order valence-corrected chi connectivity index (χ0v) is 7.32. The maximum Gasteiger partial charge on any atom is 0.123 e. The lowest BCUT2D eigenvalue weighted by Crippen LogP contribution is -2.26. The lowest BCUT2D eigenvalue weighted by Gasteiger charge is -2.17. The maximum atomic E-state index is 12.8. The average molecular weight is 165 g/mol. The SMILES string of the molecule is CC1(C)Cc2cc(F)ccc2N1. The van der Waals surface area contributed by atoms with Gasteiger partial charge in [0.05, 0.1) is 0 Å². The van der Waals surface area contributed by atoms with E-state index in [1.54, 1.807) is 12.1 Å². The highest BCUT2D eigenvalue weighted by atomic mass is 19.1. The third-order valence-electron chi connectivity index (χ3n) is 2.17. The quantitative estimate of drug-likeness (QED) is 0.623. The number of nitrogens with one attached hydrogen (secondary N) is 1. The van der Waals surface area contributed by atoms with Crippen molar-refractivity contribution in [1.29, 1.82) is 0 Å². The number of anilines is 1. The van der Waals surface area contributed by atoms with Crippen molar-refractivity contribution in [1.82, 2.24) is 0 Å². The molecule has 0 unspecified atom stereocenters. The van der Waals surface area contributed by atoms with Gasteiger partial charge >= 0.3 is 0 Å². The van der Waals surface area contributed by atoms with Crippen molar-refractivity contribution in [3.8, 4) is 0 Å². The first-order valence-corrected chi connectivity index (χ1v) is 4.13. The third kappa shape index (κ3) is 1.17. The summed E-state index contributed by atoms with van der Waals surface area (Å²) in [5, 5.41) is 3.33. The first kappa shape index (κ1) is 7.59. The summed E-state index contributed by atoms with van der Waals surface area (Å²) < 4.78 is 12.8. The Morgan fingerprint density at radius 3 is 2.92 bits per heavy atom. The summed E-state index contributed by atoms with van der Waals surface area (Å²) in [4.78, 5) is 0. The van der Waals surface area contributed by atoms with Gasteiger partial charge in [0.25, 0.3) is 0 Å². The molecule has 1 heterocycles. The Hall–Kier alpha value is -1.05. The van der Waals surface area contributed by atoms with E-state index in [-0.39, 0.29) is 11.4 Å². The highest BCUT2D eigenvalue weighted by Crippen LogP contribution is 2.31. The molecule has 1 nitrogen and oxygen atoms in total. The largest absolute Gasteiger partial charge is 0.380 e. The topological polar surface area (TPSA) is 12.0 Å². The van der Waals surface area contributed by atoms with E-state index in [2.05, 4.69) is 19.2 Å². The molecule has 0 saturated heterocycles. The molecule has 12 heavy (non-hydrogen) atoms. The summed E-state index contributed by atoms with van der Waals surface area (Å²) >= 11 is 0. The lowest BCUT2D eigenvalue weighted by atomic mass is 10.0. The highest BCUT2D eigenvalue weighted by Gasteiger charge is 2.27. The van der Waals surface area contributed by atoms with Crippen molar-refractivity contribution in [2.75, 3.05) is 5.32 Å². The van der Waals surface area contributed by atoms with Gasteiger partial charge in [-0.3, -0.25) is 0 Å². The number of fused-ring (bicyclic) bond motifs is 1. The molecule has 1 N–H and O–H groups in total. The minimum absolute atomic E-state index is 0.0795. The van der Waals surface area contributed by atoms with Crippen LogP contribution >= 0.6 is 0 Å². The van der Waals surface area contributed by atoms with Crippen molar-refractivity contribution in [2.24, 2.45) is 0 Å². The molecule has 1 aromatic carbocycles. The minimum atomic E-state index is -0.145. The van der Waals surface area contributed by atoms with E-state index in [1.165, 1.54) is 6.07 Å². The summed E-state index contributed by atoms with van der Waals surface area (Å²) in [6.45, 7) is 4.23. The number of halogens is 1. The molecule has 0 radical (unpaired) electrons. The van der Waals surface area contributed by atoms with E-state index in [0.717, 1.165) is 17.7 Å². The van der Waals surface area contributed by atoms with E-state index >= 15 is 0 Å². The van der Waals surface area contributed by atoms with E-state index in [9.17, 15) is 4.39 Å². The first-order valence-electron chi connectivity index (χ1n) is 4.13. The molecular weight excluding hydrogens is 153 g/mol. The van der Waals surface area contributed by atoms with E-state index in [1.807, 2.05) is 0 Å². The minimum Gasteiger partial charge on any atom is -0.380 e. The Balaban J connectivity index is 2.43. The summed E-state index contributed by atoms with van der Waals surface area (Å²) in [7, 11) is 0. The molecule has 1 aromatic rings. The van der Waals surface area contributed by atoms with Gasteiger partial charge in [0.15, 0.2) is 0 Å². The number of benzene rings is 1. The highest BCUT2D eigenvalue weighted by molar-refractivity contribution is 5.58. The van der Waals surface area contributed by atoms with Gasteiger partial charge in [0.2, 0.25) is 0 Å². The smallest absolute Gasteiger partial charge is 0.123 e. The van der Waals surface area contributed by atoms with Crippen LogP contribution in [0.4, 0.5) is 10.1 Å². The molecule has 0 fully saturated rings. The van der Waals surface area contributed by atoms with Gasteiger partial charge < -0.3 is 5.32 Å². The van der Waals surface area contributed by atoms with Crippen LogP contribution in [-0.4, -0.2) is 5.54 Å². The van der Waals surface area contributed by atoms with Crippen molar-refractivity contribution in [2.45, 2.75) is 25.8 Å². The number of hydrogen-bond donors (Lipinski definition) is 1. The molecule has 0 atom stereocenters. The Morgan fingerprint density at radius 2 is 2.17 bits per heavy atom. The van der Waals surface area contributed by atoms with Gasteiger partial charge in [-0.05, 0) is 44.0 Å². The Kier molecular flexibility index (Phi) is 1.40. The maximum absolute atomic E-state index is 12.8. The fourth-order valence-electron chi connectivity index (χ4n) is 1.72. The molecule has 1 aliphatic heterocycles. The van der Waals surface area contributed by atoms with Gasteiger partial charge in [-0.25, -0.2) is 4.39 Å². The number of hydrogen-bond acceptors (Lipinski definition) is 1. The van der Waals surface area contributed by atoms with Crippen molar-refractivity contribution in [3.05, 3.63) is 29.6 Å². The van der Waals surface area contributed by atoms with Crippen LogP contribution in [0.2, 0.25) is 0 Å². The normalized spacial score (nSPS) is 18.6. The summed E-state index contributed by atoms with van der Waals surface area (Å²) in [5.41, 5.74) is 2.23. The van der Waals surface area contributed by atoms with Crippen LogP contribution < -0.4 is 5.32 Å². The van der Waals surface area contributed by atoms with Crippen LogP contribution in [0.15, 0.2) is 18.2 Å². The molecule has 2 heteroatoms. The van der Waals surface area contributed by atoms with E-state index < -0.39 is 0 Å². The summed E-state index contributed by atoms with van der Waals surface area (Å²) in [5.74, 6) is -0.145. The fourth-order valence-corrected chi connectivity index (χ4v) is 1.72. The molecule has 0 aliphatic carbocycles. The van der Waals surface area contributed by atoms with Crippen molar-refractivity contribution in [3.63, 3.8) is 0 Å². The van der Waals surface area contributed by atoms with Gasteiger partial charge in [-0.2, -0.15) is 0 Å². The second-order valence-electron chi connectivity index (χ2n) is 3.99. The molecule has 64 valence electrons. The Morgan fingerprint density at radius 1 is 1.42 bits per heavy atom. The molecule has 2 rings (SSSR count). The predicted molar refractivity (Wildman–Crippen MR) is 47.8 cm³/mol. The zero-order valence-electron chi connectivity index (χ0n) is 7.32. The van der Waals surface area contributed by atoms with Crippen molar-refractivity contribution >= 4 is 5.69 Å². The molecule has 0 spiro atoms. The van der Waals surface area contributed by atoms with Crippen LogP contribution in [0.5, 0.6) is 0 Å². The van der Waals surface area contributed by atoms with Crippen LogP contribution in [0.1, 0.15) is 19.4 Å². The van der Waals surface area contributed by atoms with Crippen LogP contribution in [-0.2, 0) is 6.42 Å².